The van der Waals surface area contributed by atoms with Crippen LogP contribution in [0, 0.1) is 52.8 Å². The third-order valence-electron chi connectivity index (χ3n) is 8.23. The fraction of sp³-hybridized carbons (Fsp3) is 0.882. The van der Waals surface area contributed by atoms with E-state index in [0.29, 0.717) is 0 Å². The largest absolute Gasteiger partial charge is 0.0848 e. The van der Waals surface area contributed by atoms with E-state index in [4.69, 9.17) is 0 Å². The summed E-state index contributed by atoms with van der Waals surface area (Å²) < 4.78 is 0. The van der Waals surface area contributed by atoms with Crippen LogP contribution < -0.4 is 0 Å². The van der Waals surface area contributed by atoms with E-state index < -0.39 is 0 Å². The lowest BCUT2D eigenvalue weighted by Gasteiger charge is -2.62. The van der Waals surface area contributed by atoms with Crippen LogP contribution in [0.15, 0.2) is 12.2 Å². The third kappa shape index (κ3) is 0.709. The molecule has 6 aliphatic carbocycles. The molecule has 5 fully saturated rings. The molecule has 4 bridgehead atoms. The molecule has 5 saturated carbocycles. The summed E-state index contributed by atoms with van der Waals surface area (Å²) in [6.45, 7) is 0. The molecule has 0 nitrogen and oxygen atoms in total. The van der Waals surface area contributed by atoms with Gasteiger partial charge in [-0.25, -0.2) is 0 Å². The molecule has 0 heteroatoms. The van der Waals surface area contributed by atoms with Crippen LogP contribution in [-0.4, -0.2) is 0 Å². The zero-order valence-electron chi connectivity index (χ0n) is 10.5. The van der Waals surface area contributed by atoms with Gasteiger partial charge in [0.2, 0.25) is 0 Å². The Balaban J connectivity index is 1.53. The number of allylic oxidation sites excluding steroid dienone is 2. The Labute approximate surface area is 104 Å². The number of hydrogen-bond donors (Lipinski definition) is 0. The summed E-state index contributed by atoms with van der Waals surface area (Å²) in [5.41, 5.74) is 0.898. The molecule has 1 spiro atoms. The quantitative estimate of drug-likeness (QED) is 0.550. The fourth-order valence-electron chi connectivity index (χ4n) is 8.37. The molecule has 0 aliphatic heterocycles. The summed E-state index contributed by atoms with van der Waals surface area (Å²) in [4.78, 5) is 0. The Hall–Kier alpha value is -0.260. The highest BCUT2D eigenvalue weighted by Gasteiger charge is 2.76. The smallest absolute Gasteiger partial charge is 0.0191 e. The predicted octanol–water partition coefficient (Wildman–Crippen LogP) is 3.88. The van der Waals surface area contributed by atoms with Gasteiger partial charge < -0.3 is 0 Å². The Kier molecular flexibility index (Phi) is 1.24. The second-order valence-corrected chi connectivity index (χ2v) is 8.24. The Morgan fingerprint density at radius 3 is 2.82 bits per heavy atom. The lowest BCUT2D eigenvalue weighted by atomic mass is 9.42. The molecular weight excluding hydrogens is 204 g/mol. The van der Waals surface area contributed by atoms with E-state index in [-0.39, 0.29) is 0 Å². The molecule has 9 unspecified atom stereocenters. The van der Waals surface area contributed by atoms with Crippen LogP contribution in [0.4, 0.5) is 0 Å². The van der Waals surface area contributed by atoms with E-state index in [1.807, 2.05) is 0 Å². The zero-order valence-corrected chi connectivity index (χ0v) is 10.5. The van der Waals surface area contributed by atoms with Gasteiger partial charge in [0.1, 0.15) is 0 Å². The van der Waals surface area contributed by atoms with Crippen molar-refractivity contribution in [1.82, 2.24) is 0 Å². The summed E-state index contributed by atoms with van der Waals surface area (Å²) in [6, 6.07) is 0. The molecule has 0 amide bonds. The monoisotopic (exact) mass is 226 g/mol. The first-order chi connectivity index (χ1) is 8.38. The van der Waals surface area contributed by atoms with Crippen LogP contribution >= 0.6 is 0 Å². The van der Waals surface area contributed by atoms with Gasteiger partial charge in [-0.2, -0.15) is 0 Å². The molecule has 0 N–H and O–H groups in total. The fourth-order valence-corrected chi connectivity index (χ4v) is 8.37. The maximum atomic E-state index is 2.62. The molecule has 0 aromatic heterocycles. The lowest BCUT2D eigenvalue weighted by molar-refractivity contribution is -0.137. The van der Waals surface area contributed by atoms with Gasteiger partial charge in [0.25, 0.3) is 0 Å². The zero-order chi connectivity index (χ0) is 10.8. The lowest BCUT2D eigenvalue weighted by Crippen LogP contribution is -2.56. The molecular formula is C17H22. The number of rotatable bonds is 0. The normalized spacial score (nSPS) is 72.5. The first kappa shape index (κ1) is 8.77. The molecule has 0 radical (unpaired) electrons. The summed E-state index contributed by atoms with van der Waals surface area (Å²) in [6.07, 6.45) is 14.9. The summed E-state index contributed by atoms with van der Waals surface area (Å²) >= 11 is 0. The van der Waals surface area contributed by atoms with E-state index in [0.717, 1.165) is 29.1 Å². The first-order valence-electron chi connectivity index (χ1n) is 8.07. The highest BCUT2D eigenvalue weighted by molar-refractivity contribution is 5.29. The van der Waals surface area contributed by atoms with Crippen molar-refractivity contribution in [2.45, 2.75) is 38.5 Å². The maximum Gasteiger partial charge on any atom is -0.0191 e. The van der Waals surface area contributed by atoms with Gasteiger partial charge in [0.15, 0.2) is 0 Å². The topological polar surface area (TPSA) is 0 Å². The molecule has 90 valence electrons. The molecule has 0 aromatic rings. The van der Waals surface area contributed by atoms with Crippen LogP contribution in [0.3, 0.4) is 0 Å². The van der Waals surface area contributed by atoms with Crippen molar-refractivity contribution in [3.05, 3.63) is 12.2 Å². The molecule has 17 heavy (non-hydrogen) atoms. The SMILES string of the molecule is C1=CC2CC1C1C3CC4(CC5CCCC3C54)C21. The van der Waals surface area contributed by atoms with Gasteiger partial charge in [0.05, 0.1) is 0 Å². The van der Waals surface area contributed by atoms with Gasteiger partial charge >= 0.3 is 0 Å². The molecule has 9 atom stereocenters. The standard InChI is InChI=1S/C17H22/c1-2-11-7-17-8-13(12(3-1)15(11)17)14-9-4-5-10(6-9)16(14)17/h4-5,9-16H,1-3,6-8H2. The summed E-state index contributed by atoms with van der Waals surface area (Å²) in [7, 11) is 0. The van der Waals surface area contributed by atoms with Gasteiger partial charge in [-0.3, -0.25) is 0 Å². The Morgan fingerprint density at radius 2 is 1.82 bits per heavy atom. The van der Waals surface area contributed by atoms with Crippen LogP contribution in [0.1, 0.15) is 38.5 Å². The van der Waals surface area contributed by atoms with Gasteiger partial charge in [-0.1, -0.05) is 25.0 Å². The Bertz CT molecular complexity index is 435. The van der Waals surface area contributed by atoms with E-state index in [9.17, 15) is 0 Å². The van der Waals surface area contributed by atoms with Crippen molar-refractivity contribution >= 4 is 0 Å². The second-order valence-electron chi connectivity index (χ2n) is 8.24. The second kappa shape index (κ2) is 2.40. The molecule has 6 aliphatic rings. The third-order valence-corrected chi connectivity index (χ3v) is 8.23. The summed E-state index contributed by atoms with van der Waals surface area (Å²) in [5.74, 6) is 9.14. The van der Waals surface area contributed by atoms with Crippen LogP contribution in [0.2, 0.25) is 0 Å². The highest BCUT2D eigenvalue weighted by atomic mass is 14.8. The predicted molar refractivity (Wildman–Crippen MR) is 67.2 cm³/mol. The molecule has 0 heterocycles. The van der Waals surface area contributed by atoms with E-state index in [2.05, 4.69) is 12.2 Å². The van der Waals surface area contributed by atoms with Crippen LogP contribution in [0.25, 0.3) is 0 Å². The van der Waals surface area contributed by atoms with Crippen LogP contribution in [-0.2, 0) is 0 Å². The average molecular weight is 226 g/mol. The van der Waals surface area contributed by atoms with Crippen molar-refractivity contribution in [2.24, 2.45) is 52.8 Å². The van der Waals surface area contributed by atoms with Gasteiger partial charge in [-0.05, 0) is 78.4 Å². The van der Waals surface area contributed by atoms with E-state index >= 15 is 0 Å². The molecule has 0 aromatic carbocycles. The van der Waals surface area contributed by atoms with Crippen LogP contribution in [0.5, 0.6) is 0 Å². The number of hydrogen-bond acceptors (Lipinski definition) is 0. The van der Waals surface area contributed by atoms with E-state index in [1.54, 1.807) is 38.5 Å². The molecule has 6 rings (SSSR count). The van der Waals surface area contributed by atoms with Crippen molar-refractivity contribution in [3.63, 3.8) is 0 Å². The van der Waals surface area contributed by atoms with Crippen molar-refractivity contribution < 1.29 is 0 Å². The van der Waals surface area contributed by atoms with Gasteiger partial charge in [-0.15, -0.1) is 0 Å². The minimum absolute atomic E-state index is 0.898. The van der Waals surface area contributed by atoms with Crippen molar-refractivity contribution in [2.75, 3.05) is 0 Å². The summed E-state index contributed by atoms with van der Waals surface area (Å²) in [5, 5.41) is 0. The minimum atomic E-state index is 0.898. The minimum Gasteiger partial charge on any atom is -0.0848 e. The van der Waals surface area contributed by atoms with Gasteiger partial charge in [0, 0.05) is 0 Å². The number of fused-ring (bicyclic) bond motifs is 8. The first-order valence-corrected chi connectivity index (χ1v) is 8.07. The van der Waals surface area contributed by atoms with Crippen molar-refractivity contribution in [1.29, 1.82) is 0 Å². The van der Waals surface area contributed by atoms with Crippen molar-refractivity contribution in [3.8, 4) is 0 Å². The molecule has 0 saturated heterocycles. The maximum absolute atomic E-state index is 2.62. The average Bonchev–Trinajstić information content (AvgIpc) is 3.03. The Morgan fingerprint density at radius 1 is 0.882 bits per heavy atom. The highest BCUT2D eigenvalue weighted by Crippen LogP contribution is 2.83. The van der Waals surface area contributed by atoms with E-state index in [1.165, 1.54) is 23.7 Å².